The van der Waals surface area contributed by atoms with Gasteiger partial charge in [0, 0.05) is 24.0 Å². The van der Waals surface area contributed by atoms with E-state index in [2.05, 4.69) is 45.3 Å². The molecule has 0 bridgehead atoms. The van der Waals surface area contributed by atoms with Crippen LogP contribution in [0, 0.1) is 0 Å². The molecule has 1 aliphatic heterocycles. The summed E-state index contributed by atoms with van der Waals surface area (Å²) in [6.07, 6.45) is 3.81. The molecule has 4 heteroatoms. The van der Waals surface area contributed by atoms with Gasteiger partial charge in [0.05, 0.1) is 3.79 Å². The number of piperidine rings is 1. The fourth-order valence-electron chi connectivity index (χ4n) is 2.22. The SMILES string of the molecule is CN1CCCC(NCCc2ccc(Br)s2)C1. The summed E-state index contributed by atoms with van der Waals surface area (Å²) in [4.78, 5) is 3.88. The highest BCUT2D eigenvalue weighted by Gasteiger charge is 2.15. The third kappa shape index (κ3) is 3.84. The standard InChI is InChI=1S/C12H19BrN2S/c1-15-8-2-3-10(9-15)14-7-6-11-4-5-12(13)16-11/h4-5,10,14H,2-3,6-9H2,1H3. The second kappa shape index (κ2) is 6.15. The van der Waals surface area contributed by atoms with Crippen LogP contribution >= 0.6 is 27.3 Å². The summed E-state index contributed by atoms with van der Waals surface area (Å²) in [7, 11) is 2.21. The van der Waals surface area contributed by atoms with Gasteiger partial charge in [-0.1, -0.05) is 0 Å². The van der Waals surface area contributed by atoms with E-state index in [-0.39, 0.29) is 0 Å². The number of hydrogen-bond acceptors (Lipinski definition) is 3. The molecule has 2 rings (SSSR count). The fraction of sp³-hybridized carbons (Fsp3) is 0.667. The van der Waals surface area contributed by atoms with Crippen LogP contribution in [0.5, 0.6) is 0 Å². The largest absolute Gasteiger partial charge is 0.312 e. The Morgan fingerprint density at radius 1 is 1.56 bits per heavy atom. The Bertz CT molecular complexity index is 327. The smallest absolute Gasteiger partial charge is 0.0701 e. The van der Waals surface area contributed by atoms with E-state index in [1.165, 1.54) is 34.6 Å². The first-order valence-corrected chi connectivity index (χ1v) is 7.51. The fourth-order valence-corrected chi connectivity index (χ4v) is 3.70. The lowest BCUT2D eigenvalue weighted by Crippen LogP contribution is -2.44. The molecule has 1 N–H and O–H groups in total. The molecule has 0 amide bonds. The van der Waals surface area contributed by atoms with Crippen molar-refractivity contribution in [1.29, 1.82) is 0 Å². The van der Waals surface area contributed by atoms with Gasteiger partial charge in [0.1, 0.15) is 0 Å². The summed E-state index contributed by atoms with van der Waals surface area (Å²) < 4.78 is 1.24. The monoisotopic (exact) mass is 302 g/mol. The molecular weight excluding hydrogens is 284 g/mol. The van der Waals surface area contributed by atoms with Gasteiger partial charge in [0.2, 0.25) is 0 Å². The quantitative estimate of drug-likeness (QED) is 0.920. The first-order valence-electron chi connectivity index (χ1n) is 5.90. The maximum atomic E-state index is 3.66. The number of nitrogens with one attached hydrogen (secondary N) is 1. The Morgan fingerprint density at radius 3 is 3.12 bits per heavy atom. The van der Waals surface area contributed by atoms with Crippen molar-refractivity contribution in [3.05, 3.63) is 20.8 Å². The van der Waals surface area contributed by atoms with Gasteiger partial charge >= 0.3 is 0 Å². The lowest BCUT2D eigenvalue weighted by Gasteiger charge is -2.30. The average molecular weight is 303 g/mol. The second-order valence-electron chi connectivity index (χ2n) is 4.51. The van der Waals surface area contributed by atoms with E-state index in [0.717, 1.165) is 13.0 Å². The normalized spacial score (nSPS) is 22.5. The molecule has 16 heavy (non-hydrogen) atoms. The molecule has 1 saturated heterocycles. The van der Waals surface area contributed by atoms with E-state index in [0.29, 0.717) is 6.04 Å². The Kier molecular flexibility index (Phi) is 4.82. The van der Waals surface area contributed by atoms with Crippen molar-refractivity contribution in [2.75, 3.05) is 26.7 Å². The van der Waals surface area contributed by atoms with Crippen LogP contribution < -0.4 is 5.32 Å². The van der Waals surface area contributed by atoms with Crippen LogP contribution in [0.15, 0.2) is 15.9 Å². The minimum absolute atomic E-state index is 0.696. The first-order chi connectivity index (χ1) is 7.74. The van der Waals surface area contributed by atoms with Crippen molar-refractivity contribution in [2.45, 2.75) is 25.3 Å². The van der Waals surface area contributed by atoms with Crippen LogP contribution in [0.2, 0.25) is 0 Å². The average Bonchev–Trinajstić information content (AvgIpc) is 2.64. The third-order valence-corrected chi connectivity index (χ3v) is 4.74. The summed E-state index contributed by atoms with van der Waals surface area (Å²) in [5, 5.41) is 3.66. The van der Waals surface area contributed by atoms with Gasteiger partial charge < -0.3 is 10.2 Å². The van der Waals surface area contributed by atoms with E-state index < -0.39 is 0 Å². The minimum atomic E-state index is 0.696. The van der Waals surface area contributed by atoms with Crippen molar-refractivity contribution in [3.8, 4) is 0 Å². The lowest BCUT2D eigenvalue weighted by molar-refractivity contribution is 0.228. The molecular formula is C12H19BrN2S. The van der Waals surface area contributed by atoms with Crippen LogP contribution in [0.3, 0.4) is 0 Å². The molecule has 0 aromatic carbocycles. The number of hydrogen-bond donors (Lipinski definition) is 1. The van der Waals surface area contributed by atoms with Crippen molar-refractivity contribution >= 4 is 27.3 Å². The lowest BCUT2D eigenvalue weighted by atomic mass is 10.1. The van der Waals surface area contributed by atoms with E-state index in [9.17, 15) is 0 Å². The third-order valence-electron chi connectivity index (χ3n) is 3.06. The Hall–Kier alpha value is 0.1000. The summed E-state index contributed by atoms with van der Waals surface area (Å²) in [5.41, 5.74) is 0. The molecule has 90 valence electrons. The molecule has 1 unspecified atom stereocenters. The van der Waals surface area contributed by atoms with Crippen LogP contribution in [-0.4, -0.2) is 37.6 Å². The van der Waals surface area contributed by atoms with E-state index in [4.69, 9.17) is 0 Å². The molecule has 1 aliphatic rings. The zero-order valence-corrected chi connectivity index (χ0v) is 12.1. The molecule has 0 radical (unpaired) electrons. The second-order valence-corrected chi connectivity index (χ2v) is 7.06. The van der Waals surface area contributed by atoms with Crippen LogP contribution in [0.1, 0.15) is 17.7 Å². The summed E-state index contributed by atoms with van der Waals surface area (Å²) in [5.74, 6) is 0. The van der Waals surface area contributed by atoms with E-state index >= 15 is 0 Å². The number of likely N-dealkylation sites (N-methyl/N-ethyl adjacent to an activating group) is 1. The molecule has 2 heterocycles. The van der Waals surface area contributed by atoms with Crippen molar-refractivity contribution in [3.63, 3.8) is 0 Å². The zero-order valence-electron chi connectivity index (χ0n) is 9.71. The molecule has 2 nitrogen and oxygen atoms in total. The number of likely N-dealkylation sites (tertiary alicyclic amines) is 1. The van der Waals surface area contributed by atoms with Gasteiger partial charge in [-0.05, 0) is 60.9 Å². The van der Waals surface area contributed by atoms with Crippen LogP contribution in [0.25, 0.3) is 0 Å². The Balaban J connectivity index is 1.67. The summed E-state index contributed by atoms with van der Waals surface area (Å²) >= 11 is 5.34. The Labute approximate surface area is 110 Å². The predicted octanol–water partition coefficient (Wildman–Crippen LogP) is 2.74. The molecule has 1 atom stereocenters. The van der Waals surface area contributed by atoms with Crippen molar-refractivity contribution < 1.29 is 0 Å². The highest BCUT2D eigenvalue weighted by atomic mass is 79.9. The van der Waals surface area contributed by atoms with Crippen LogP contribution in [-0.2, 0) is 6.42 Å². The van der Waals surface area contributed by atoms with Gasteiger partial charge in [-0.3, -0.25) is 0 Å². The van der Waals surface area contributed by atoms with Gasteiger partial charge in [-0.15, -0.1) is 11.3 Å². The van der Waals surface area contributed by atoms with Gasteiger partial charge in [0.25, 0.3) is 0 Å². The van der Waals surface area contributed by atoms with Gasteiger partial charge in [-0.25, -0.2) is 0 Å². The maximum absolute atomic E-state index is 3.66. The summed E-state index contributed by atoms with van der Waals surface area (Å²) in [6.45, 7) is 3.57. The maximum Gasteiger partial charge on any atom is 0.0701 e. The topological polar surface area (TPSA) is 15.3 Å². The molecule has 1 aromatic rings. The van der Waals surface area contributed by atoms with Gasteiger partial charge in [0.15, 0.2) is 0 Å². The van der Waals surface area contributed by atoms with Crippen molar-refractivity contribution in [2.24, 2.45) is 0 Å². The molecule has 1 aromatic heterocycles. The van der Waals surface area contributed by atoms with Crippen molar-refractivity contribution in [1.82, 2.24) is 10.2 Å². The van der Waals surface area contributed by atoms with Crippen LogP contribution in [0.4, 0.5) is 0 Å². The molecule has 0 aliphatic carbocycles. The Morgan fingerprint density at radius 2 is 2.44 bits per heavy atom. The first kappa shape index (κ1) is 12.6. The van der Waals surface area contributed by atoms with E-state index in [1.54, 1.807) is 0 Å². The van der Waals surface area contributed by atoms with Gasteiger partial charge in [-0.2, -0.15) is 0 Å². The number of rotatable bonds is 4. The highest BCUT2D eigenvalue weighted by Crippen LogP contribution is 2.22. The summed E-state index contributed by atoms with van der Waals surface area (Å²) in [6, 6.07) is 5.04. The minimum Gasteiger partial charge on any atom is -0.312 e. The number of nitrogens with zero attached hydrogens (tertiary/aromatic N) is 1. The predicted molar refractivity (Wildman–Crippen MR) is 74.2 cm³/mol. The molecule has 0 spiro atoms. The molecule has 1 fully saturated rings. The van der Waals surface area contributed by atoms with E-state index in [1.807, 2.05) is 11.3 Å². The number of thiophene rings is 1. The highest BCUT2D eigenvalue weighted by molar-refractivity contribution is 9.11. The zero-order chi connectivity index (χ0) is 11.4. The molecule has 0 saturated carbocycles. The number of halogens is 1.